The summed E-state index contributed by atoms with van der Waals surface area (Å²) in [5.74, 6) is -0.880. The van der Waals surface area contributed by atoms with Gasteiger partial charge in [0.15, 0.2) is 11.6 Å². The van der Waals surface area contributed by atoms with Crippen molar-refractivity contribution in [2.24, 2.45) is 11.7 Å². The van der Waals surface area contributed by atoms with Gasteiger partial charge in [0.05, 0.1) is 12.1 Å². The molecule has 2 rings (SSSR count). The number of nitrogens with two attached hydrogens (primary N) is 1. The fourth-order valence-corrected chi connectivity index (χ4v) is 2.52. The molecule has 18 heavy (non-hydrogen) atoms. The largest absolute Gasteiger partial charge is 0.505 e. The van der Waals surface area contributed by atoms with E-state index in [4.69, 9.17) is 10.8 Å². The molecule has 1 aromatic carbocycles. The quantitative estimate of drug-likeness (QED) is 0.794. The van der Waals surface area contributed by atoms with Crippen LogP contribution in [0.25, 0.3) is 0 Å². The smallest absolute Gasteiger partial charge is 0.165 e. The molecule has 0 radical (unpaired) electrons. The molecule has 0 unspecified atom stereocenters. The van der Waals surface area contributed by atoms with Crippen molar-refractivity contribution in [3.05, 3.63) is 29.6 Å². The molecule has 102 valence electrons. The Kier molecular flexibility index (Phi) is 5.38. The van der Waals surface area contributed by atoms with Crippen molar-refractivity contribution < 1.29 is 14.6 Å². The SMILES string of the molecule is Cl.N[C@@H](c1ccc(O)c(F)c1)[C@H](O)C1CCCC1. The first-order valence-corrected chi connectivity index (χ1v) is 6.01. The zero-order valence-corrected chi connectivity index (χ0v) is 10.9. The number of hydrogen-bond acceptors (Lipinski definition) is 3. The predicted octanol–water partition coefficient (Wildman–Crippen LogP) is 2.50. The van der Waals surface area contributed by atoms with Gasteiger partial charge >= 0.3 is 0 Å². The number of phenolic OH excluding ortho intramolecular Hbond substituents is 1. The lowest BCUT2D eigenvalue weighted by Crippen LogP contribution is -2.31. The van der Waals surface area contributed by atoms with Crippen molar-refractivity contribution in [3.8, 4) is 5.75 Å². The number of benzene rings is 1. The molecule has 0 aliphatic heterocycles. The fourth-order valence-electron chi connectivity index (χ4n) is 2.52. The van der Waals surface area contributed by atoms with Crippen LogP contribution in [-0.2, 0) is 0 Å². The van der Waals surface area contributed by atoms with E-state index >= 15 is 0 Å². The minimum atomic E-state index is -0.698. The second-order valence-electron chi connectivity index (χ2n) is 4.77. The Labute approximate surface area is 112 Å². The Hall–Kier alpha value is -0.840. The topological polar surface area (TPSA) is 66.5 Å². The first kappa shape index (κ1) is 15.2. The number of aliphatic hydroxyl groups is 1. The van der Waals surface area contributed by atoms with Crippen LogP contribution in [-0.4, -0.2) is 16.3 Å². The fraction of sp³-hybridized carbons (Fsp3) is 0.538. The monoisotopic (exact) mass is 275 g/mol. The van der Waals surface area contributed by atoms with Gasteiger partial charge in [0.2, 0.25) is 0 Å². The van der Waals surface area contributed by atoms with Crippen LogP contribution < -0.4 is 5.73 Å². The summed E-state index contributed by atoms with van der Waals surface area (Å²) < 4.78 is 13.2. The lowest BCUT2D eigenvalue weighted by Gasteiger charge is -2.24. The molecule has 1 aliphatic carbocycles. The van der Waals surface area contributed by atoms with E-state index in [9.17, 15) is 9.50 Å². The van der Waals surface area contributed by atoms with Crippen LogP contribution in [0.3, 0.4) is 0 Å². The highest BCUT2D eigenvalue weighted by atomic mass is 35.5. The van der Waals surface area contributed by atoms with Gasteiger partial charge in [-0.2, -0.15) is 0 Å². The maximum atomic E-state index is 13.2. The molecule has 1 aliphatic rings. The van der Waals surface area contributed by atoms with E-state index in [-0.39, 0.29) is 18.3 Å². The highest BCUT2D eigenvalue weighted by Crippen LogP contribution is 2.33. The molecular formula is C13H19ClFNO2. The lowest BCUT2D eigenvalue weighted by molar-refractivity contribution is 0.0844. The third kappa shape index (κ3) is 3.13. The first-order valence-electron chi connectivity index (χ1n) is 6.01. The van der Waals surface area contributed by atoms with Crippen molar-refractivity contribution in [1.29, 1.82) is 0 Å². The van der Waals surface area contributed by atoms with E-state index in [1.54, 1.807) is 6.07 Å². The van der Waals surface area contributed by atoms with Crippen molar-refractivity contribution in [3.63, 3.8) is 0 Å². The van der Waals surface area contributed by atoms with E-state index in [1.165, 1.54) is 12.1 Å². The number of aliphatic hydroxyl groups excluding tert-OH is 1. The summed E-state index contributed by atoms with van der Waals surface area (Å²) in [5.41, 5.74) is 6.47. The Morgan fingerprint density at radius 2 is 1.89 bits per heavy atom. The maximum Gasteiger partial charge on any atom is 0.165 e. The van der Waals surface area contributed by atoms with Crippen LogP contribution in [0.1, 0.15) is 37.3 Å². The second-order valence-corrected chi connectivity index (χ2v) is 4.77. The minimum Gasteiger partial charge on any atom is -0.505 e. The average molecular weight is 276 g/mol. The van der Waals surface area contributed by atoms with Crippen LogP contribution in [0.15, 0.2) is 18.2 Å². The number of rotatable bonds is 3. The maximum absolute atomic E-state index is 13.2. The minimum absolute atomic E-state index is 0. The van der Waals surface area contributed by atoms with Gasteiger partial charge in [0, 0.05) is 0 Å². The molecule has 5 heteroatoms. The highest BCUT2D eigenvalue weighted by Gasteiger charge is 2.29. The van der Waals surface area contributed by atoms with Gasteiger partial charge in [-0.25, -0.2) is 4.39 Å². The Balaban J connectivity index is 0.00000162. The molecule has 4 N–H and O–H groups in total. The van der Waals surface area contributed by atoms with E-state index in [0.717, 1.165) is 25.7 Å². The van der Waals surface area contributed by atoms with Crippen LogP contribution in [0, 0.1) is 11.7 Å². The summed E-state index contributed by atoms with van der Waals surface area (Å²) in [5, 5.41) is 19.2. The van der Waals surface area contributed by atoms with Gasteiger partial charge in [-0.05, 0) is 36.5 Å². The molecule has 2 atom stereocenters. The van der Waals surface area contributed by atoms with Gasteiger partial charge in [0.1, 0.15) is 0 Å². The Bertz CT molecular complexity index is 397. The molecule has 0 amide bonds. The average Bonchev–Trinajstić information content (AvgIpc) is 2.84. The highest BCUT2D eigenvalue weighted by molar-refractivity contribution is 5.85. The summed E-state index contributed by atoms with van der Waals surface area (Å²) >= 11 is 0. The van der Waals surface area contributed by atoms with Gasteiger partial charge in [-0.3, -0.25) is 0 Å². The summed E-state index contributed by atoms with van der Waals surface area (Å²) in [6.07, 6.45) is 3.57. The van der Waals surface area contributed by atoms with Crippen molar-refractivity contribution in [2.45, 2.75) is 37.8 Å². The number of aromatic hydroxyl groups is 1. The van der Waals surface area contributed by atoms with Crippen LogP contribution in [0.4, 0.5) is 4.39 Å². The molecule has 1 aromatic rings. The molecule has 0 heterocycles. The number of hydrogen-bond donors (Lipinski definition) is 3. The van der Waals surface area contributed by atoms with Gasteiger partial charge in [-0.15, -0.1) is 12.4 Å². The molecule has 1 saturated carbocycles. The van der Waals surface area contributed by atoms with Gasteiger partial charge in [0.25, 0.3) is 0 Å². The van der Waals surface area contributed by atoms with Crippen molar-refractivity contribution in [1.82, 2.24) is 0 Å². The summed E-state index contributed by atoms with van der Waals surface area (Å²) in [6.45, 7) is 0. The van der Waals surface area contributed by atoms with Crippen molar-refractivity contribution in [2.75, 3.05) is 0 Å². The van der Waals surface area contributed by atoms with Crippen LogP contribution in [0.2, 0.25) is 0 Å². The number of halogens is 2. The lowest BCUT2D eigenvalue weighted by atomic mass is 9.91. The standard InChI is InChI=1S/C13H18FNO2.ClH/c14-10-7-9(5-6-11(10)16)12(15)13(17)8-3-1-2-4-8;/h5-8,12-13,16-17H,1-4,15H2;1H/t12-,13+;/m0./s1. The normalized spacial score (nSPS) is 19.3. The molecule has 0 saturated heterocycles. The second kappa shape index (κ2) is 6.36. The molecule has 3 nitrogen and oxygen atoms in total. The van der Waals surface area contributed by atoms with E-state index < -0.39 is 23.7 Å². The molecular weight excluding hydrogens is 257 g/mol. The zero-order valence-electron chi connectivity index (χ0n) is 10.1. The third-order valence-corrected chi connectivity index (χ3v) is 3.61. The third-order valence-electron chi connectivity index (χ3n) is 3.61. The summed E-state index contributed by atoms with van der Waals surface area (Å²) in [4.78, 5) is 0. The molecule has 1 fully saturated rings. The van der Waals surface area contributed by atoms with E-state index in [2.05, 4.69) is 0 Å². The summed E-state index contributed by atoms with van der Waals surface area (Å²) in [6, 6.07) is 3.43. The van der Waals surface area contributed by atoms with E-state index in [0.29, 0.717) is 5.56 Å². The zero-order chi connectivity index (χ0) is 12.4. The van der Waals surface area contributed by atoms with Gasteiger partial charge in [-0.1, -0.05) is 18.9 Å². The predicted molar refractivity (Wildman–Crippen MR) is 70.2 cm³/mol. The first-order chi connectivity index (χ1) is 8.09. The molecule has 0 bridgehead atoms. The Morgan fingerprint density at radius 1 is 1.28 bits per heavy atom. The van der Waals surface area contributed by atoms with Crippen LogP contribution >= 0.6 is 12.4 Å². The Morgan fingerprint density at radius 3 is 2.44 bits per heavy atom. The summed E-state index contributed by atoms with van der Waals surface area (Å²) in [7, 11) is 0. The number of phenols is 1. The van der Waals surface area contributed by atoms with E-state index in [1.807, 2.05) is 0 Å². The molecule has 0 spiro atoms. The van der Waals surface area contributed by atoms with Crippen molar-refractivity contribution >= 4 is 12.4 Å². The molecule has 0 aromatic heterocycles. The van der Waals surface area contributed by atoms with Crippen LogP contribution in [0.5, 0.6) is 5.75 Å². The van der Waals surface area contributed by atoms with Gasteiger partial charge < -0.3 is 15.9 Å².